The van der Waals surface area contributed by atoms with E-state index in [0.717, 1.165) is 22.4 Å². The predicted molar refractivity (Wildman–Crippen MR) is 113 cm³/mol. The summed E-state index contributed by atoms with van der Waals surface area (Å²) in [5.41, 5.74) is 3.00. The number of aryl methyl sites for hydroxylation is 1. The third kappa shape index (κ3) is 5.98. The summed E-state index contributed by atoms with van der Waals surface area (Å²) in [6, 6.07) is 12.6. The molecule has 1 atom stereocenters. The first-order chi connectivity index (χ1) is 13.9. The zero-order chi connectivity index (χ0) is 21.4. The molecule has 1 N–H and O–H groups in total. The van der Waals surface area contributed by atoms with Crippen molar-refractivity contribution < 1.29 is 19.1 Å². The molecule has 2 aromatic rings. The van der Waals surface area contributed by atoms with E-state index in [0.29, 0.717) is 18.8 Å². The van der Waals surface area contributed by atoms with E-state index in [9.17, 15) is 9.59 Å². The Morgan fingerprint density at radius 2 is 1.79 bits per heavy atom. The van der Waals surface area contributed by atoms with Crippen molar-refractivity contribution in [2.45, 2.75) is 40.3 Å². The van der Waals surface area contributed by atoms with E-state index in [-0.39, 0.29) is 18.4 Å². The molecule has 2 amide bonds. The molecule has 0 heterocycles. The maximum Gasteiger partial charge on any atom is 0.261 e. The molecule has 0 aromatic heterocycles. The molecular formula is C23H30N2O4. The lowest BCUT2D eigenvalue weighted by Crippen LogP contribution is -2.49. The lowest BCUT2D eigenvalue weighted by molar-refractivity contribution is -0.142. The van der Waals surface area contributed by atoms with E-state index in [1.54, 1.807) is 14.0 Å². The molecule has 0 aliphatic carbocycles. The van der Waals surface area contributed by atoms with Gasteiger partial charge in [-0.1, -0.05) is 24.3 Å². The smallest absolute Gasteiger partial charge is 0.261 e. The van der Waals surface area contributed by atoms with Crippen molar-refractivity contribution >= 4 is 11.8 Å². The van der Waals surface area contributed by atoms with Gasteiger partial charge in [0, 0.05) is 13.1 Å². The Balaban J connectivity index is 2.16. The van der Waals surface area contributed by atoms with E-state index in [1.807, 2.05) is 63.2 Å². The fraction of sp³-hybridized carbons (Fsp3) is 0.391. The topological polar surface area (TPSA) is 67.9 Å². The van der Waals surface area contributed by atoms with Crippen molar-refractivity contribution in [1.82, 2.24) is 10.2 Å². The van der Waals surface area contributed by atoms with Gasteiger partial charge in [-0.15, -0.1) is 0 Å². The Hall–Kier alpha value is -3.02. The summed E-state index contributed by atoms with van der Waals surface area (Å²) < 4.78 is 11.0. The molecule has 6 nitrogen and oxygen atoms in total. The molecule has 0 bridgehead atoms. The Morgan fingerprint density at radius 1 is 1.10 bits per heavy atom. The molecule has 29 heavy (non-hydrogen) atoms. The molecule has 0 aliphatic heterocycles. The van der Waals surface area contributed by atoms with Gasteiger partial charge in [-0.3, -0.25) is 9.59 Å². The summed E-state index contributed by atoms with van der Waals surface area (Å²) >= 11 is 0. The van der Waals surface area contributed by atoms with Crippen molar-refractivity contribution in [3.05, 3.63) is 59.2 Å². The molecule has 0 fully saturated rings. The lowest BCUT2D eigenvalue weighted by atomic mass is 10.1. The van der Waals surface area contributed by atoms with Crippen molar-refractivity contribution in [3.8, 4) is 11.5 Å². The van der Waals surface area contributed by atoms with Gasteiger partial charge < -0.3 is 19.7 Å². The molecule has 6 heteroatoms. The number of rotatable bonds is 9. The van der Waals surface area contributed by atoms with Crippen molar-refractivity contribution in [3.63, 3.8) is 0 Å². The van der Waals surface area contributed by atoms with Gasteiger partial charge in [0.15, 0.2) is 6.61 Å². The zero-order valence-corrected chi connectivity index (χ0v) is 17.8. The molecular weight excluding hydrogens is 368 g/mol. The summed E-state index contributed by atoms with van der Waals surface area (Å²) in [5, 5.41) is 2.78. The van der Waals surface area contributed by atoms with Crippen molar-refractivity contribution in [2.75, 3.05) is 20.3 Å². The molecule has 0 radical (unpaired) electrons. The van der Waals surface area contributed by atoms with Crippen LogP contribution < -0.4 is 14.8 Å². The molecule has 156 valence electrons. The zero-order valence-electron chi connectivity index (χ0n) is 17.8. The highest BCUT2D eigenvalue weighted by Crippen LogP contribution is 2.21. The Bertz CT molecular complexity index is 833. The molecule has 0 spiro atoms. The number of benzene rings is 2. The first kappa shape index (κ1) is 22.3. The Kier molecular flexibility index (Phi) is 8.07. The van der Waals surface area contributed by atoms with Gasteiger partial charge in [-0.2, -0.15) is 0 Å². The van der Waals surface area contributed by atoms with Gasteiger partial charge in [0.2, 0.25) is 5.91 Å². The highest BCUT2D eigenvalue weighted by molar-refractivity contribution is 5.87. The first-order valence-corrected chi connectivity index (χ1v) is 9.76. The summed E-state index contributed by atoms with van der Waals surface area (Å²) in [7, 11) is 1.60. The van der Waals surface area contributed by atoms with Crippen LogP contribution in [0.5, 0.6) is 11.5 Å². The van der Waals surface area contributed by atoms with Crippen LogP contribution in [0, 0.1) is 13.8 Å². The second-order valence-electron chi connectivity index (χ2n) is 6.93. The quantitative estimate of drug-likeness (QED) is 0.704. The lowest BCUT2D eigenvalue weighted by Gasteiger charge is -2.28. The number of hydrogen-bond acceptors (Lipinski definition) is 4. The van der Waals surface area contributed by atoms with Crippen LogP contribution in [-0.4, -0.2) is 43.0 Å². The summed E-state index contributed by atoms with van der Waals surface area (Å²) in [6.45, 7) is 8.21. The number of nitrogens with zero attached hydrogens (tertiary/aromatic N) is 1. The van der Waals surface area contributed by atoms with E-state index in [1.165, 1.54) is 4.90 Å². The first-order valence-electron chi connectivity index (χ1n) is 9.76. The van der Waals surface area contributed by atoms with E-state index < -0.39 is 6.04 Å². The van der Waals surface area contributed by atoms with Crippen LogP contribution in [-0.2, 0) is 16.1 Å². The number of hydrogen-bond donors (Lipinski definition) is 1. The molecule has 0 saturated carbocycles. The van der Waals surface area contributed by atoms with Crippen LogP contribution in [0.1, 0.15) is 30.5 Å². The minimum Gasteiger partial charge on any atom is -0.497 e. The average molecular weight is 399 g/mol. The Morgan fingerprint density at radius 3 is 2.41 bits per heavy atom. The minimum atomic E-state index is -0.619. The summed E-state index contributed by atoms with van der Waals surface area (Å²) in [5.74, 6) is 0.969. The third-order valence-corrected chi connectivity index (χ3v) is 4.94. The van der Waals surface area contributed by atoms with Crippen molar-refractivity contribution in [2.24, 2.45) is 0 Å². The van der Waals surface area contributed by atoms with Gasteiger partial charge in [0.05, 0.1) is 7.11 Å². The maximum atomic E-state index is 13.0. The number of likely N-dealkylation sites (N-methyl/N-ethyl adjacent to an activating group) is 1. The second kappa shape index (κ2) is 10.5. The Labute approximate surface area is 172 Å². The van der Waals surface area contributed by atoms with Crippen LogP contribution >= 0.6 is 0 Å². The second-order valence-corrected chi connectivity index (χ2v) is 6.93. The normalized spacial score (nSPS) is 11.5. The highest BCUT2D eigenvalue weighted by atomic mass is 16.5. The number of carbonyl (C=O) groups excluding carboxylic acids is 2. The van der Waals surface area contributed by atoms with Gasteiger partial charge in [0.25, 0.3) is 5.91 Å². The molecule has 0 aliphatic rings. The number of amides is 2. The van der Waals surface area contributed by atoms with Crippen LogP contribution in [0.2, 0.25) is 0 Å². The van der Waals surface area contributed by atoms with Gasteiger partial charge >= 0.3 is 0 Å². The third-order valence-electron chi connectivity index (χ3n) is 4.94. The van der Waals surface area contributed by atoms with Crippen molar-refractivity contribution in [1.29, 1.82) is 0 Å². The fourth-order valence-electron chi connectivity index (χ4n) is 2.94. The maximum absolute atomic E-state index is 13.0. The van der Waals surface area contributed by atoms with Crippen LogP contribution in [0.3, 0.4) is 0 Å². The van der Waals surface area contributed by atoms with Crippen LogP contribution in [0.25, 0.3) is 0 Å². The summed E-state index contributed by atoms with van der Waals surface area (Å²) in [4.78, 5) is 26.9. The van der Waals surface area contributed by atoms with E-state index in [4.69, 9.17) is 9.47 Å². The minimum absolute atomic E-state index is 0.135. The number of methoxy groups -OCH3 is 1. The number of ether oxygens (including phenoxy) is 2. The standard InChI is InChI=1S/C23H30N2O4/c1-6-24-23(27)18(4)25(14-19-10-12-20(28-5)13-11-19)22(26)15-29-21-9-7-8-16(2)17(21)3/h7-13,18H,6,14-15H2,1-5H3,(H,24,27)/t18-/m1/s1. The molecule has 0 unspecified atom stereocenters. The van der Waals surface area contributed by atoms with Gasteiger partial charge in [-0.25, -0.2) is 0 Å². The largest absolute Gasteiger partial charge is 0.497 e. The van der Waals surface area contributed by atoms with Crippen LogP contribution in [0.15, 0.2) is 42.5 Å². The van der Waals surface area contributed by atoms with E-state index in [2.05, 4.69) is 5.32 Å². The monoisotopic (exact) mass is 398 g/mol. The fourth-order valence-corrected chi connectivity index (χ4v) is 2.94. The average Bonchev–Trinajstić information content (AvgIpc) is 2.73. The SMILES string of the molecule is CCNC(=O)[C@@H](C)N(Cc1ccc(OC)cc1)C(=O)COc1cccc(C)c1C. The van der Waals surface area contributed by atoms with Crippen LogP contribution in [0.4, 0.5) is 0 Å². The van der Waals surface area contributed by atoms with E-state index >= 15 is 0 Å². The number of nitrogens with one attached hydrogen (secondary N) is 1. The summed E-state index contributed by atoms with van der Waals surface area (Å²) in [6.07, 6.45) is 0. The number of carbonyl (C=O) groups is 2. The molecule has 0 saturated heterocycles. The molecule has 2 aromatic carbocycles. The van der Waals surface area contributed by atoms with Gasteiger partial charge in [-0.05, 0) is 62.6 Å². The van der Waals surface area contributed by atoms with Gasteiger partial charge in [0.1, 0.15) is 17.5 Å². The highest BCUT2D eigenvalue weighted by Gasteiger charge is 2.26. The molecule has 2 rings (SSSR count). The predicted octanol–water partition coefficient (Wildman–Crippen LogP) is 3.24.